The van der Waals surface area contributed by atoms with E-state index in [1.165, 1.54) is 19.3 Å². The molecule has 0 radical (unpaired) electrons. The Morgan fingerprint density at radius 3 is 2.40 bits per heavy atom. The average Bonchev–Trinajstić information content (AvgIpc) is 2.76. The van der Waals surface area contributed by atoms with Gasteiger partial charge in [0.25, 0.3) is 0 Å². The number of hydrogen-bond donors (Lipinski definition) is 1. The molecule has 2 heterocycles. The van der Waals surface area contributed by atoms with Crippen LogP contribution in [0.5, 0.6) is 0 Å². The van der Waals surface area contributed by atoms with Crippen molar-refractivity contribution >= 4 is 5.91 Å². The summed E-state index contributed by atoms with van der Waals surface area (Å²) in [6.45, 7) is 13.2. The monoisotopic (exact) mass is 280 g/mol. The maximum Gasteiger partial charge on any atom is 0.223 e. The molecule has 0 unspecified atom stereocenters. The summed E-state index contributed by atoms with van der Waals surface area (Å²) in [4.78, 5) is 14.6. The van der Waals surface area contributed by atoms with Crippen molar-refractivity contribution in [2.24, 2.45) is 16.7 Å². The van der Waals surface area contributed by atoms with Gasteiger partial charge in [-0.3, -0.25) is 4.79 Å². The van der Waals surface area contributed by atoms with Gasteiger partial charge < -0.3 is 10.2 Å². The molecule has 2 aliphatic heterocycles. The molecule has 0 aromatic carbocycles. The highest BCUT2D eigenvalue weighted by atomic mass is 16.2. The molecule has 3 heteroatoms. The minimum atomic E-state index is 0.134. The summed E-state index contributed by atoms with van der Waals surface area (Å²) in [5.41, 5.74) is 0.638. The second kappa shape index (κ2) is 6.05. The Labute approximate surface area is 124 Å². The van der Waals surface area contributed by atoms with Crippen LogP contribution in [0.3, 0.4) is 0 Å². The highest BCUT2D eigenvalue weighted by Gasteiger charge is 2.38. The number of piperidine rings is 1. The Bertz CT molecular complexity index is 333. The molecule has 2 aliphatic rings. The van der Waals surface area contributed by atoms with Crippen molar-refractivity contribution in [3.8, 4) is 0 Å². The first-order chi connectivity index (χ1) is 9.32. The third kappa shape index (κ3) is 3.97. The Morgan fingerprint density at radius 2 is 1.90 bits per heavy atom. The maximum atomic E-state index is 12.5. The van der Waals surface area contributed by atoms with Crippen molar-refractivity contribution in [3.05, 3.63) is 0 Å². The molecule has 0 bridgehead atoms. The first-order valence-corrected chi connectivity index (χ1v) is 8.31. The van der Waals surface area contributed by atoms with Gasteiger partial charge in [0.2, 0.25) is 5.91 Å². The lowest BCUT2D eigenvalue weighted by Gasteiger charge is -2.40. The van der Waals surface area contributed by atoms with Gasteiger partial charge >= 0.3 is 0 Å². The van der Waals surface area contributed by atoms with Gasteiger partial charge in [-0.1, -0.05) is 27.7 Å². The van der Waals surface area contributed by atoms with E-state index in [4.69, 9.17) is 0 Å². The second-order valence-electron chi connectivity index (χ2n) is 8.25. The number of carbonyl (C=O) groups is 1. The second-order valence-corrected chi connectivity index (χ2v) is 8.25. The summed E-state index contributed by atoms with van der Waals surface area (Å²) in [6, 6.07) is 0. The summed E-state index contributed by atoms with van der Waals surface area (Å²) in [5.74, 6) is 1.03. The summed E-state index contributed by atoms with van der Waals surface area (Å²) in [7, 11) is 0. The van der Waals surface area contributed by atoms with Crippen LogP contribution >= 0.6 is 0 Å². The van der Waals surface area contributed by atoms with Crippen molar-refractivity contribution in [2.45, 2.75) is 59.8 Å². The zero-order valence-corrected chi connectivity index (χ0v) is 13.8. The van der Waals surface area contributed by atoms with Crippen LogP contribution in [0, 0.1) is 16.7 Å². The lowest BCUT2D eigenvalue weighted by molar-refractivity contribution is -0.135. The fraction of sp³-hybridized carbons (Fsp3) is 0.941. The minimum Gasteiger partial charge on any atom is -0.343 e. The Balaban J connectivity index is 1.82. The van der Waals surface area contributed by atoms with Gasteiger partial charge in [-0.15, -0.1) is 0 Å². The molecule has 3 nitrogen and oxygen atoms in total. The fourth-order valence-electron chi connectivity index (χ4n) is 4.15. The summed E-state index contributed by atoms with van der Waals surface area (Å²) in [5, 5.41) is 3.48. The number of rotatable bonds is 4. The van der Waals surface area contributed by atoms with Crippen LogP contribution in [-0.2, 0) is 4.79 Å². The molecule has 0 aromatic rings. The van der Waals surface area contributed by atoms with Gasteiger partial charge in [0.1, 0.15) is 0 Å². The average molecular weight is 280 g/mol. The van der Waals surface area contributed by atoms with Crippen LogP contribution in [0.25, 0.3) is 0 Å². The van der Waals surface area contributed by atoms with Gasteiger partial charge in [-0.05, 0) is 49.0 Å². The number of nitrogens with zero attached hydrogens (tertiary/aromatic N) is 1. The predicted octanol–water partition coefficient (Wildman–Crippen LogP) is 3.05. The first kappa shape index (κ1) is 15.8. The molecule has 0 atom stereocenters. The Kier molecular flexibility index (Phi) is 4.78. The maximum absolute atomic E-state index is 12.5. The highest BCUT2D eigenvalue weighted by molar-refractivity contribution is 5.77. The van der Waals surface area contributed by atoms with E-state index < -0.39 is 0 Å². The van der Waals surface area contributed by atoms with Crippen LogP contribution < -0.4 is 5.32 Å². The highest BCUT2D eigenvalue weighted by Crippen LogP contribution is 2.38. The normalized spacial score (nSPS) is 22.8. The van der Waals surface area contributed by atoms with Crippen molar-refractivity contribution in [2.75, 3.05) is 26.2 Å². The van der Waals surface area contributed by atoms with Crippen LogP contribution in [0.15, 0.2) is 0 Å². The van der Waals surface area contributed by atoms with Gasteiger partial charge in [0.15, 0.2) is 0 Å². The lowest BCUT2D eigenvalue weighted by atomic mass is 9.77. The van der Waals surface area contributed by atoms with E-state index in [1.54, 1.807) is 0 Å². The largest absolute Gasteiger partial charge is 0.343 e. The minimum absolute atomic E-state index is 0.134. The number of carbonyl (C=O) groups excluding carboxylic acids is 1. The molecule has 116 valence electrons. The fourth-order valence-corrected chi connectivity index (χ4v) is 4.15. The molecule has 1 N–H and O–H groups in total. The van der Waals surface area contributed by atoms with Crippen LogP contribution in [0.4, 0.5) is 0 Å². The summed E-state index contributed by atoms with van der Waals surface area (Å²) < 4.78 is 0. The molecular formula is C17H32N2O. The van der Waals surface area contributed by atoms with Crippen molar-refractivity contribution in [1.82, 2.24) is 10.2 Å². The quantitative estimate of drug-likeness (QED) is 0.858. The SMILES string of the molecule is CC(C)CC(C)(C)CC(=O)N1CCC2(CCNC2)CC1. The molecular weight excluding hydrogens is 248 g/mol. The van der Waals surface area contributed by atoms with E-state index in [0.29, 0.717) is 23.7 Å². The van der Waals surface area contributed by atoms with Gasteiger partial charge in [0, 0.05) is 26.1 Å². The van der Waals surface area contributed by atoms with Crippen LogP contribution in [0.1, 0.15) is 59.8 Å². The number of nitrogens with one attached hydrogen (secondary N) is 1. The molecule has 0 aromatic heterocycles. The topological polar surface area (TPSA) is 32.3 Å². The molecule has 0 saturated carbocycles. The molecule has 2 saturated heterocycles. The third-order valence-electron chi connectivity index (χ3n) is 5.10. The molecule has 2 rings (SSSR count). The third-order valence-corrected chi connectivity index (χ3v) is 5.10. The molecule has 1 spiro atoms. The van der Waals surface area contributed by atoms with E-state index >= 15 is 0 Å². The van der Waals surface area contributed by atoms with Gasteiger partial charge in [-0.2, -0.15) is 0 Å². The van der Waals surface area contributed by atoms with E-state index in [2.05, 4.69) is 37.9 Å². The van der Waals surface area contributed by atoms with E-state index in [-0.39, 0.29) is 5.41 Å². The van der Waals surface area contributed by atoms with Gasteiger partial charge in [-0.25, -0.2) is 0 Å². The predicted molar refractivity (Wildman–Crippen MR) is 83.6 cm³/mol. The Morgan fingerprint density at radius 1 is 1.25 bits per heavy atom. The molecule has 0 aliphatic carbocycles. The van der Waals surface area contributed by atoms with Gasteiger partial charge in [0.05, 0.1) is 0 Å². The zero-order chi connectivity index (χ0) is 14.8. The van der Waals surface area contributed by atoms with E-state index in [9.17, 15) is 4.79 Å². The van der Waals surface area contributed by atoms with Crippen LogP contribution in [0.2, 0.25) is 0 Å². The van der Waals surface area contributed by atoms with Crippen LogP contribution in [-0.4, -0.2) is 37.0 Å². The molecule has 2 fully saturated rings. The molecule has 20 heavy (non-hydrogen) atoms. The van der Waals surface area contributed by atoms with Crippen molar-refractivity contribution in [1.29, 1.82) is 0 Å². The smallest absolute Gasteiger partial charge is 0.223 e. The summed E-state index contributed by atoms with van der Waals surface area (Å²) in [6.07, 6.45) is 5.51. The van der Waals surface area contributed by atoms with Crippen molar-refractivity contribution < 1.29 is 4.79 Å². The Hall–Kier alpha value is -0.570. The van der Waals surface area contributed by atoms with E-state index in [0.717, 1.165) is 32.6 Å². The summed E-state index contributed by atoms with van der Waals surface area (Å²) >= 11 is 0. The standard InChI is InChI=1S/C17H32N2O/c1-14(2)11-16(3,4)12-15(20)19-9-6-17(7-10-19)5-8-18-13-17/h14,18H,5-13H2,1-4H3. The van der Waals surface area contributed by atoms with E-state index in [1.807, 2.05) is 0 Å². The van der Waals surface area contributed by atoms with Crippen molar-refractivity contribution in [3.63, 3.8) is 0 Å². The zero-order valence-electron chi connectivity index (χ0n) is 13.8. The number of amides is 1. The number of likely N-dealkylation sites (tertiary alicyclic amines) is 1. The first-order valence-electron chi connectivity index (χ1n) is 8.31. The molecule has 1 amide bonds. The lowest BCUT2D eigenvalue weighted by Crippen LogP contribution is -2.45. The number of hydrogen-bond acceptors (Lipinski definition) is 2.